The average molecular weight is 400 g/mol. The van der Waals surface area contributed by atoms with Crippen LogP contribution in [0.4, 0.5) is 0 Å². The van der Waals surface area contributed by atoms with Crippen LogP contribution in [0.3, 0.4) is 0 Å². The van der Waals surface area contributed by atoms with Gasteiger partial charge >= 0.3 is 0 Å². The smallest absolute Gasteiger partial charge is 0.263 e. The lowest BCUT2D eigenvalue weighted by atomic mass is 10.1. The molecular formula is C19H30ClN3O4. The number of halogens is 1. The van der Waals surface area contributed by atoms with E-state index in [4.69, 9.17) is 15.2 Å². The molecule has 1 aliphatic rings. The fourth-order valence-corrected chi connectivity index (χ4v) is 3.04. The predicted molar refractivity (Wildman–Crippen MR) is 106 cm³/mol. The molecular weight excluding hydrogens is 370 g/mol. The van der Waals surface area contributed by atoms with Crippen molar-refractivity contribution < 1.29 is 19.1 Å². The number of piperazine rings is 1. The first-order chi connectivity index (χ1) is 12.5. The number of para-hydroxylation sites is 1. The van der Waals surface area contributed by atoms with E-state index in [0.717, 1.165) is 17.7 Å². The Morgan fingerprint density at radius 2 is 1.67 bits per heavy atom. The summed E-state index contributed by atoms with van der Waals surface area (Å²) in [6.07, 6.45) is 0.278. The number of methoxy groups -OCH3 is 1. The number of carbonyl (C=O) groups is 2. The molecule has 7 nitrogen and oxygen atoms in total. The quantitative estimate of drug-likeness (QED) is 0.741. The minimum absolute atomic E-state index is 0. The SMILES string of the molecule is CCc1ccccc1OC(C)C(=O)N1CCN(C(=O)C(N)COC)CC1.Cl. The summed E-state index contributed by atoms with van der Waals surface area (Å²) in [6.45, 7) is 5.92. The summed E-state index contributed by atoms with van der Waals surface area (Å²) in [5.74, 6) is 0.541. The molecule has 27 heavy (non-hydrogen) atoms. The molecule has 0 bridgehead atoms. The van der Waals surface area contributed by atoms with Gasteiger partial charge in [-0.05, 0) is 25.0 Å². The lowest BCUT2D eigenvalue weighted by molar-refractivity contribution is -0.144. The second-order valence-electron chi connectivity index (χ2n) is 6.43. The van der Waals surface area contributed by atoms with Crippen molar-refractivity contribution in [2.45, 2.75) is 32.4 Å². The molecule has 0 aromatic heterocycles. The topological polar surface area (TPSA) is 85.1 Å². The van der Waals surface area contributed by atoms with E-state index in [9.17, 15) is 9.59 Å². The molecule has 2 atom stereocenters. The van der Waals surface area contributed by atoms with E-state index in [1.807, 2.05) is 24.3 Å². The molecule has 1 heterocycles. The van der Waals surface area contributed by atoms with E-state index >= 15 is 0 Å². The molecule has 2 unspecified atom stereocenters. The Balaban J connectivity index is 0.00000364. The van der Waals surface area contributed by atoms with Gasteiger partial charge < -0.3 is 25.0 Å². The van der Waals surface area contributed by atoms with Crippen molar-refractivity contribution in [2.75, 3.05) is 39.9 Å². The highest BCUT2D eigenvalue weighted by Crippen LogP contribution is 2.20. The molecule has 1 saturated heterocycles. The highest BCUT2D eigenvalue weighted by atomic mass is 35.5. The number of aryl methyl sites for hydroxylation is 1. The zero-order chi connectivity index (χ0) is 19.1. The number of nitrogens with zero attached hydrogens (tertiary/aromatic N) is 2. The summed E-state index contributed by atoms with van der Waals surface area (Å²) in [4.78, 5) is 28.3. The van der Waals surface area contributed by atoms with Crippen LogP contribution >= 0.6 is 12.4 Å². The van der Waals surface area contributed by atoms with Crippen molar-refractivity contribution in [3.8, 4) is 5.75 Å². The Morgan fingerprint density at radius 3 is 2.22 bits per heavy atom. The van der Waals surface area contributed by atoms with Gasteiger partial charge in [-0.2, -0.15) is 0 Å². The number of rotatable bonds is 7. The van der Waals surface area contributed by atoms with Crippen LogP contribution in [0.25, 0.3) is 0 Å². The van der Waals surface area contributed by atoms with E-state index in [1.165, 1.54) is 7.11 Å². The Morgan fingerprint density at radius 1 is 1.11 bits per heavy atom. The summed E-state index contributed by atoms with van der Waals surface area (Å²) >= 11 is 0. The predicted octanol–water partition coefficient (Wildman–Crippen LogP) is 1.08. The van der Waals surface area contributed by atoms with Gasteiger partial charge in [0.25, 0.3) is 5.91 Å². The molecule has 0 spiro atoms. The van der Waals surface area contributed by atoms with Gasteiger partial charge in [-0.15, -0.1) is 12.4 Å². The molecule has 1 fully saturated rings. The molecule has 1 aliphatic heterocycles. The standard InChI is InChI=1S/C19H29N3O4.ClH/c1-4-15-7-5-6-8-17(15)26-14(2)18(23)21-9-11-22(12-10-21)19(24)16(20)13-25-3;/h5-8,14,16H,4,9-13,20H2,1-3H3;1H. The van der Waals surface area contributed by atoms with E-state index in [2.05, 4.69) is 6.92 Å². The number of hydrogen-bond acceptors (Lipinski definition) is 5. The highest BCUT2D eigenvalue weighted by molar-refractivity contribution is 5.85. The molecule has 1 aromatic rings. The van der Waals surface area contributed by atoms with Crippen LogP contribution in [0.15, 0.2) is 24.3 Å². The fourth-order valence-electron chi connectivity index (χ4n) is 3.04. The van der Waals surface area contributed by atoms with Crippen LogP contribution in [-0.2, 0) is 20.7 Å². The van der Waals surface area contributed by atoms with Crippen molar-refractivity contribution in [3.63, 3.8) is 0 Å². The van der Waals surface area contributed by atoms with Gasteiger partial charge in [-0.3, -0.25) is 9.59 Å². The number of amides is 2. The van der Waals surface area contributed by atoms with E-state index in [1.54, 1.807) is 16.7 Å². The first-order valence-corrected chi connectivity index (χ1v) is 9.04. The number of ether oxygens (including phenoxy) is 2. The minimum atomic E-state index is -0.657. The van der Waals surface area contributed by atoms with Crippen molar-refractivity contribution in [3.05, 3.63) is 29.8 Å². The molecule has 0 aliphatic carbocycles. The molecule has 2 rings (SSSR count). The third kappa shape index (κ3) is 6.09. The van der Waals surface area contributed by atoms with Crippen molar-refractivity contribution >= 4 is 24.2 Å². The highest BCUT2D eigenvalue weighted by Gasteiger charge is 2.29. The lowest BCUT2D eigenvalue weighted by Crippen LogP contribution is -2.56. The fraction of sp³-hybridized carbons (Fsp3) is 0.579. The average Bonchev–Trinajstić information content (AvgIpc) is 2.67. The first kappa shape index (κ1) is 23.2. The van der Waals surface area contributed by atoms with E-state index in [-0.39, 0.29) is 30.8 Å². The monoisotopic (exact) mass is 399 g/mol. The van der Waals surface area contributed by atoms with Crippen molar-refractivity contribution in [1.29, 1.82) is 0 Å². The van der Waals surface area contributed by atoms with Gasteiger partial charge in [0.2, 0.25) is 5.91 Å². The number of nitrogens with two attached hydrogens (primary N) is 1. The molecule has 2 N–H and O–H groups in total. The summed E-state index contributed by atoms with van der Waals surface area (Å²) < 4.78 is 10.8. The molecule has 8 heteroatoms. The van der Waals surface area contributed by atoms with Gasteiger partial charge in [0.15, 0.2) is 6.10 Å². The van der Waals surface area contributed by atoms with Crippen LogP contribution in [0, 0.1) is 0 Å². The Labute approximate surface area is 167 Å². The number of benzene rings is 1. The summed E-state index contributed by atoms with van der Waals surface area (Å²) in [6, 6.07) is 7.09. The van der Waals surface area contributed by atoms with Crippen LogP contribution in [-0.4, -0.2) is 73.7 Å². The minimum Gasteiger partial charge on any atom is -0.481 e. The lowest BCUT2D eigenvalue weighted by Gasteiger charge is -2.36. The zero-order valence-electron chi connectivity index (χ0n) is 16.2. The van der Waals surface area contributed by atoms with E-state index < -0.39 is 12.1 Å². The van der Waals surface area contributed by atoms with Crippen LogP contribution < -0.4 is 10.5 Å². The first-order valence-electron chi connectivity index (χ1n) is 9.04. The molecule has 1 aromatic carbocycles. The van der Waals surface area contributed by atoms with Crippen LogP contribution in [0.5, 0.6) is 5.75 Å². The molecule has 2 amide bonds. The summed E-state index contributed by atoms with van der Waals surface area (Å²) in [7, 11) is 1.52. The number of carbonyl (C=O) groups excluding carboxylic acids is 2. The Bertz CT molecular complexity index is 621. The normalized spacial score (nSPS) is 16.3. The Kier molecular flexibility index (Phi) is 9.55. The van der Waals surface area contributed by atoms with Crippen LogP contribution in [0.1, 0.15) is 19.4 Å². The van der Waals surface area contributed by atoms with Crippen molar-refractivity contribution in [1.82, 2.24) is 9.80 Å². The van der Waals surface area contributed by atoms with Crippen LogP contribution in [0.2, 0.25) is 0 Å². The molecule has 152 valence electrons. The summed E-state index contributed by atoms with van der Waals surface area (Å²) in [5, 5.41) is 0. The Hall–Kier alpha value is -1.83. The largest absolute Gasteiger partial charge is 0.481 e. The molecule has 0 saturated carbocycles. The summed E-state index contributed by atoms with van der Waals surface area (Å²) in [5.41, 5.74) is 6.88. The van der Waals surface area contributed by atoms with Gasteiger partial charge in [-0.25, -0.2) is 0 Å². The maximum absolute atomic E-state index is 12.7. The third-order valence-electron chi connectivity index (χ3n) is 4.57. The van der Waals surface area contributed by atoms with Gasteiger partial charge in [0, 0.05) is 33.3 Å². The zero-order valence-corrected chi connectivity index (χ0v) is 17.0. The van der Waals surface area contributed by atoms with E-state index in [0.29, 0.717) is 26.2 Å². The van der Waals surface area contributed by atoms with Gasteiger partial charge in [0.1, 0.15) is 11.8 Å². The van der Waals surface area contributed by atoms with Gasteiger partial charge in [-0.1, -0.05) is 25.1 Å². The second kappa shape index (κ2) is 11.1. The molecule has 0 radical (unpaired) electrons. The van der Waals surface area contributed by atoms with Gasteiger partial charge in [0.05, 0.1) is 6.61 Å². The second-order valence-corrected chi connectivity index (χ2v) is 6.43. The maximum Gasteiger partial charge on any atom is 0.263 e. The van der Waals surface area contributed by atoms with Crippen molar-refractivity contribution in [2.24, 2.45) is 5.73 Å². The third-order valence-corrected chi connectivity index (χ3v) is 4.57. The number of hydrogen-bond donors (Lipinski definition) is 1. The maximum atomic E-state index is 12.7.